The number of hydrogen-bond donors (Lipinski definition) is 4. The van der Waals surface area contributed by atoms with Gasteiger partial charge >= 0.3 is 6.09 Å². The monoisotopic (exact) mass is 483 g/mol. The highest BCUT2D eigenvalue weighted by Gasteiger charge is 2.18. The van der Waals surface area contributed by atoms with Gasteiger partial charge < -0.3 is 25.9 Å². The Morgan fingerprint density at radius 1 is 1.12 bits per heavy atom. The van der Waals surface area contributed by atoms with E-state index >= 15 is 0 Å². The topological polar surface area (TPSA) is 126 Å². The number of aliphatic hydroxyl groups is 1. The molecule has 0 spiro atoms. The van der Waals surface area contributed by atoms with Crippen LogP contribution in [0.1, 0.15) is 11.6 Å². The summed E-state index contributed by atoms with van der Waals surface area (Å²) in [6.07, 6.45) is 2.47. The van der Waals surface area contributed by atoms with Gasteiger partial charge in [0, 0.05) is 39.6 Å². The molecule has 5 N–H and O–H groups in total. The lowest BCUT2D eigenvalue weighted by Gasteiger charge is -2.15. The van der Waals surface area contributed by atoms with Gasteiger partial charge in [-0.15, -0.1) is 0 Å². The minimum atomic E-state index is -0.727. The Balaban J connectivity index is 1.56. The van der Waals surface area contributed by atoms with Gasteiger partial charge in [-0.2, -0.15) is 0 Å². The number of aliphatic hydroxyl groups excluding tert-OH is 1. The van der Waals surface area contributed by atoms with Crippen LogP contribution in [0.4, 0.5) is 10.7 Å². The summed E-state index contributed by atoms with van der Waals surface area (Å²) in [5, 5.41) is 13.2. The molecule has 33 heavy (non-hydrogen) atoms. The molecular formula is C23H19Cl2N5O3. The van der Waals surface area contributed by atoms with Crippen molar-refractivity contribution in [3.8, 4) is 28.3 Å². The quantitative estimate of drug-likeness (QED) is 0.310. The first-order valence-electron chi connectivity index (χ1n) is 9.85. The Hall–Kier alpha value is -3.59. The minimum Gasteiger partial charge on any atom is -0.394 e. The second kappa shape index (κ2) is 9.91. The summed E-state index contributed by atoms with van der Waals surface area (Å²) >= 11 is 12.3. The van der Waals surface area contributed by atoms with E-state index in [1.807, 2.05) is 18.2 Å². The molecule has 2 heterocycles. The molecular weight excluding hydrogens is 465 g/mol. The van der Waals surface area contributed by atoms with Crippen LogP contribution in [-0.2, 0) is 0 Å². The van der Waals surface area contributed by atoms with Crippen LogP contribution in [0.15, 0.2) is 67.0 Å². The molecule has 0 saturated heterocycles. The molecule has 2 aromatic carbocycles. The molecule has 1 amide bonds. The second-order valence-electron chi connectivity index (χ2n) is 7.08. The van der Waals surface area contributed by atoms with Gasteiger partial charge in [-0.05, 0) is 29.3 Å². The summed E-state index contributed by atoms with van der Waals surface area (Å²) in [6.45, 7) is -0.277. The highest BCUT2D eigenvalue weighted by atomic mass is 35.5. The first kappa shape index (κ1) is 22.6. The third-order valence-electron chi connectivity index (χ3n) is 4.79. The number of halogens is 2. The van der Waals surface area contributed by atoms with Gasteiger partial charge in [0.05, 0.1) is 18.3 Å². The van der Waals surface area contributed by atoms with Crippen molar-refractivity contribution in [2.45, 2.75) is 6.04 Å². The molecule has 0 aliphatic carbocycles. The summed E-state index contributed by atoms with van der Waals surface area (Å²) in [7, 11) is 0. The van der Waals surface area contributed by atoms with Crippen molar-refractivity contribution in [2.24, 2.45) is 0 Å². The SMILES string of the molecule is Nc1ncc(-c2cc(Cl)cc(Cl)c2)c(-c2c[nH]c(OC(=O)NC(CO)c3ccccc3)c2)n1. The maximum absolute atomic E-state index is 12.4. The molecule has 1 atom stereocenters. The van der Waals surface area contributed by atoms with Crippen molar-refractivity contribution in [1.82, 2.24) is 20.3 Å². The Morgan fingerprint density at radius 3 is 2.55 bits per heavy atom. The van der Waals surface area contributed by atoms with E-state index in [9.17, 15) is 9.90 Å². The fourth-order valence-corrected chi connectivity index (χ4v) is 3.82. The number of carbonyl (C=O) groups is 1. The molecule has 0 bridgehead atoms. The first-order chi connectivity index (χ1) is 15.9. The van der Waals surface area contributed by atoms with E-state index in [0.717, 1.165) is 5.56 Å². The van der Waals surface area contributed by atoms with E-state index < -0.39 is 12.1 Å². The maximum Gasteiger partial charge on any atom is 0.414 e. The average Bonchev–Trinajstić information content (AvgIpc) is 3.25. The minimum absolute atomic E-state index is 0.0805. The molecule has 0 aliphatic heterocycles. The smallest absolute Gasteiger partial charge is 0.394 e. The number of nitrogens with zero attached hydrogens (tertiary/aromatic N) is 2. The van der Waals surface area contributed by atoms with Crippen molar-refractivity contribution in [1.29, 1.82) is 0 Å². The average molecular weight is 484 g/mol. The molecule has 168 valence electrons. The molecule has 8 nitrogen and oxygen atoms in total. The largest absolute Gasteiger partial charge is 0.414 e. The number of ether oxygens (including phenoxy) is 1. The number of aromatic amines is 1. The number of H-pyrrole nitrogens is 1. The molecule has 4 rings (SSSR count). The summed E-state index contributed by atoms with van der Waals surface area (Å²) in [5.41, 5.74) is 9.03. The third kappa shape index (κ3) is 5.43. The molecule has 0 radical (unpaired) electrons. The number of benzene rings is 2. The molecule has 10 heteroatoms. The van der Waals surface area contributed by atoms with Gasteiger partial charge in [0.1, 0.15) is 0 Å². The summed E-state index contributed by atoms with van der Waals surface area (Å²) in [5.74, 6) is 0.261. The number of carbonyl (C=O) groups excluding carboxylic acids is 1. The number of nitrogens with one attached hydrogen (secondary N) is 2. The van der Waals surface area contributed by atoms with Gasteiger partial charge in [0.25, 0.3) is 0 Å². The van der Waals surface area contributed by atoms with Crippen LogP contribution in [0.3, 0.4) is 0 Å². The first-order valence-corrected chi connectivity index (χ1v) is 10.6. The Bertz CT molecular complexity index is 1260. The zero-order valence-electron chi connectivity index (χ0n) is 17.1. The van der Waals surface area contributed by atoms with Crippen molar-refractivity contribution in [2.75, 3.05) is 12.3 Å². The van der Waals surface area contributed by atoms with E-state index in [4.69, 9.17) is 33.7 Å². The molecule has 4 aromatic rings. The maximum atomic E-state index is 12.4. The van der Waals surface area contributed by atoms with Crippen molar-refractivity contribution < 1.29 is 14.6 Å². The van der Waals surface area contributed by atoms with Crippen LogP contribution in [0.5, 0.6) is 5.88 Å². The number of amides is 1. The zero-order chi connectivity index (χ0) is 23.4. The Labute approximate surface area is 199 Å². The number of aromatic nitrogens is 3. The normalized spacial score (nSPS) is 11.7. The number of rotatable bonds is 6. The lowest BCUT2D eigenvalue weighted by atomic mass is 10.0. The van der Waals surface area contributed by atoms with Crippen molar-refractivity contribution in [3.63, 3.8) is 0 Å². The summed E-state index contributed by atoms with van der Waals surface area (Å²) in [4.78, 5) is 23.7. The van der Waals surface area contributed by atoms with Crippen LogP contribution < -0.4 is 15.8 Å². The third-order valence-corrected chi connectivity index (χ3v) is 5.23. The summed E-state index contributed by atoms with van der Waals surface area (Å²) in [6, 6.07) is 15.2. The predicted molar refractivity (Wildman–Crippen MR) is 127 cm³/mol. The zero-order valence-corrected chi connectivity index (χ0v) is 18.6. The van der Waals surface area contributed by atoms with E-state index in [0.29, 0.717) is 32.4 Å². The Kier molecular flexibility index (Phi) is 6.79. The van der Waals surface area contributed by atoms with Gasteiger partial charge in [0.2, 0.25) is 11.8 Å². The standard InChI is InChI=1S/C23H19Cl2N5O3/c24-16-6-14(7-17(25)9-16)18-11-28-22(26)30-21(18)15-8-20(27-10-15)33-23(32)29-19(12-31)13-4-2-1-3-5-13/h1-11,19,27,31H,12H2,(H,29,32)(H2,26,28,30). The van der Waals surface area contributed by atoms with E-state index in [1.165, 1.54) is 0 Å². The van der Waals surface area contributed by atoms with Crippen LogP contribution in [0.2, 0.25) is 10.0 Å². The van der Waals surface area contributed by atoms with Gasteiger partial charge in [0.15, 0.2) is 0 Å². The molecule has 1 unspecified atom stereocenters. The number of hydrogen-bond acceptors (Lipinski definition) is 6. The number of nitrogens with two attached hydrogens (primary N) is 1. The summed E-state index contributed by atoms with van der Waals surface area (Å²) < 4.78 is 5.35. The van der Waals surface area contributed by atoms with Crippen molar-refractivity contribution in [3.05, 3.63) is 82.6 Å². The van der Waals surface area contributed by atoms with Crippen LogP contribution >= 0.6 is 23.2 Å². The van der Waals surface area contributed by atoms with Crippen LogP contribution in [0.25, 0.3) is 22.4 Å². The van der Waals surface area contributed by atoms with Gasteiger partial charge in [-0.1, -0.05) is 53.5 Å². The van der Waals surface area contributed by atoms with E-state index in [-0.39, 0.29) is 18.4 Å². The van der Waals surface area contributed by atoms with Crippen LogP contribution in [-0.4, -0.2) is 32.8 Å². The van der Waals surface area contributed by atoms with E-state index in [2.05, 4.69) is 20.3 Å². The molecule has 0 saturated carbocycles. The second-order valence-corrected chi connectivity index (χ2v) is 7.95. The van der Waals surface area contributed by atoms with Gasteiger partial charge in [-0.3, -0.25) is 0 Å². The molecule has 2 aromatic heterocycles. The molecule has 0 fully saturated rings. The number of anilines is 1. The lowest BCUT2D eigenvalue weighted by Crippen LogP contribution is -2.33. The van der Waals surface area contributed by atoms with Gasteiger partial charge in [-0.25, -0.2) is 14.8 Å². The highest BCUT2D eigenvalue weighted by Crippen LogP contribution is 2.34. The lowest BCUT2D eigenvalue weighted by molar-refractivity contribution is 0.182. The van der Waals surface area contributed by atoms with E-state index in [1.54, 1.807) is 48.8 Å². The Morgan fingerprint density at radius 2 is 1.85 bits per heavy atom. The highest BCUT2D eigenvalue weighted by molar-refractivity contribution is 6.35. The van der Waals surface area contributed by atoms with Crippen LogP contribution in [0, 0.1) is 0 Å². The van der Waals surface area contributed by atoms with Crippen molar-refractivity contribution >= 4 is 35.2 Å². The molecule has 0 aliphatic rings. The fourth-order valence-electron chi connectivity index (χ4n) is 3.30. The predicted octanol–water partition coefficient (Wildman–Crippen LogP) is 4.85. The number of nitrogen functional groups attached to an aromatic ring is 1. The fraction of sp³-hybridized carbons (Fsp3) is 0.0870.